The number of ether oxygens (including phenoxy) is 1. The Hall–Kier alpha value is -0.650. The van der Waals surface area contributed by atoms with Crippen LogP contribution in [0.15, 0.2) is 0 Å². The summed E-state index contributed by atoms with van der Waals surface area (Å²) in [5, 5.41) is 15.2. The number of rotatable bonds is 7. The molecule has 0 amide bonds. The lowest BCUT2D eigenvalue weighted by molar-refractivity contribution is -0.167. The highest BCUT2D eigenvalue weighted by atomic mass is 16.5. The molecule has 4 aliphatic carbocycles. The summed E-state index contributed by atoms with van der Waals surface area (Å²) in [5.74, 6) is 3.49. The van der Waals surface area contributed by atoms with Gasteiger partial charge in [0.1, 0.15) is 0 Å². The lowest BCUT2D eigenvalue weighted by Gasteiger charge is -2.62. The van der Waals surface area contributed by atoms with E-state index in [0.717, 1.165) is 19.4 Å². The van der Waals surface area contributed by atoms with Crippen molar-refractivity contribution < 1.29 is 14.6 Å². The molecule has 0 radical (unpaired) electrons. The molecule has 0 bridgehead atoms. The van der Waals surface area contributed by atoms with Gasteiger partial charge in [0.2, 0.25) is 0 Å². The van der Waals surface area contributed by atoms with Crippen molar-refractivity contribution in [1.29, 1.82) is 0 Å². The van der Waals surface area contributed by atoms with E-state index in [9.17, 15) is 9.90 Å². The molecule has 0 aromatic carbocycles. The van der Waals surface area contributed by atoms with Crippen molar-refractivity contribution in [3.05, 3.63) is 0 Å². The minimum Gasteiger partial charge on any atom is -0.469 e. The summed E-state index contributed by atoms with van der Waals surface area (Å²) < 4.78 is 4.89. The third-order valence-electron chi connectivity index (χ3n) is 11.1. The first kappa shape index (κ1) is 24.5. The average molecular weight is 449 g/mol. The SMILES string of the molecule is COC(=O)CC[C@@H](C)[C@H]1CCC2C3C(CC[C@@]21C)[C@@]1(C)CC[C@H](NCCN)C[C@H]1C[C@@H]3O. The summed E-state index contributed by atoms with van der Waals surface area (Å²) in [6.45, 7) is 9.03. The fourth-order valence-electron chi connectivity index (χ4n) is 9.32. The summed E-state index contributed by atoms with van der Waals surface area (Å²) in [6.07, 6.45) is 11.1. The maximum Gasteiger partial charge on any atom is 0.305 e. The van der Waals surface area contributed by atoms with E-state index < -0.39 is 0 Å². The Kier molecular flexibility index (Phi) is 7.30. The van der Waals surface area contributed by atoms with Crippen molar-refractivity contribution >= 4 is 5.97 Å². The number of nitrogens with two attached hydrogens (primary N) is 1. The van der Waals surface area contributed by atoms with Crippen LogP contribution in [0, 0.1) is 46.3 Å². The summed E-state index contributed by atoms with van der Waals surface area (Å²) in [6, 6.07) is 0.570. The van der Waals surface area contributed by atoms with E-state index in [0.29, 0.717) is 65.3 Å². The Labute approximate surface area is 195 Å². The van der Waals surface area contributed by atoms with E-state index in [1.54, 1.807) is 0 Å². The summed E-state index contributed by atoms with van der Waals surface area (Å²) in [4.78, 5) is 11.7. The minimum atomic E-state index is -0.153. The van der Waals surface area contributed by atoms with Gasteiger partial charge in [0, 0.05) is 25.6 Å². The molecule has 4 N–H and O–H groups in total. The molecule has 0 saturated heterocycles. The van der Waals surface area contributed by atoms with Gasteiger partial charge >= 0.3 is 5.97 Å². The highest BCUT2D eigenvalue weighted by Crippen LogP contribution is 2.68. The van der Waals surface area contributed by atoms with E-state index in [-0.39, 0.29) is 12.1 Å². The predicted molar refractivity (Wildman–Crippen MR) is 128 cm³/mol. The summed E-state index contributed by atoms with van der Waals surface area (Å²) >= 11 is 0. The Bertz CT molecular complexity index is 671. The second-order valence-corrected chi connectivity index (χ2v) is 12.3. The van der Waals surface area contributed by atoms with Crippen LogP contribution in [0.25, 0.3) is 0 Å². The van der Waals surface area contributed by atoms with Crippen LogP contribution in [0.2, 0.25) is 0 Å². The molecule has 4 saturated carbocycles. The van der Waals surface area contributed by atoms with Gasteiger partial charge in [0.15, 0.2) is 0 Å². The van der Waals surface area contributed by atoms with Gasteiger partial charge in [-0.25, -0.2) is 0 Å². The molecular formula is C27H48N2O3. The average Bonchev–Trinajstić information content (AvgIpc) is 3.13. The zero-order valence-corrected chi connectivity index (χ0v) is 20.9. The van der Waals surface area contributed by atoms with Crippen molar-refractivity contribution in [3.8, 4) is 0 Å². The van der Waals surface area contributed by atoms with Crippen LogP contribution in [0.3, 0.4) is 0 Å². The number of hydrogen-bond donors (Lipinski definition) is 3. The molecule has 0 spiro atoms. The number of aliphatic hydroxyl groups excluding tert-OH is 1. The summed E-state index contributed by atoms with van der Waals surface area (Å²) in [5.41, 5.74) is 6.40. The molecule has 32 heavy (non-hydrogen) atoms. The number of nitrogens with one attached hydrogen (secondary N) is 1. The van der Waals surface area contributed by atoms with Crippen molar-refractivity contribution in [2.24, 2.45) is 52.1 Å². The molecule has 4 rings (SSSR count). The van der Waals surface area contributed by atoms with E-state index in [2.05, 4.69) is 26.1 Å². The molecule has 0 aromatic rings. The molecule has 0 heterocycles. The molecule has 5 heteroatoms. The van der Waals surface area contributed by atoms with Crippen LogP contribution < -0.4 is 11.1 Å². The summed E-state index contributed by atoms with van der Waals surface area (Å²) in [7, 11) is 1.49. The molecule has 10 atom stereocenters. The molecule has 184 valence electrons. The molecule has 0 aromatic heterocycles. The van der Waals surface area contributed by atoms with Crippen LogP contribution in [0.5, 0.6) is 0 Å². The number of aliphatic hydroxyl groups is 1. The Morgan fingerprint density at radius 2 is 1.84 bits per heavy atom. The largest absolute Gasteiger partial charge is 0.469 e. The van der Waals surface area contributed by atoms with Crippen molar-refractivity contribution in [1.82, 2.24) is 5.32 Å². The standard InChI is InChI=1S/C27H48N2O3/c1-17(5-8-24(31)32-4)20-6-7-21-25-22(10-12-27(20,21)3)26(2)11-9-19(29-14-13-28)15-18(26)16-23(25)30/h17-23,25,29-30H,5-16,28H2,1-4H3/t17-,18+,19+,20-,21?,22?,23+,25?,26+,27-/m1/s1. The van der Waals surface area contributed by atoms with Gasteiger partial charge in [0.05, 0.1) is 13.2 Å². The van der Waals surface area contributed by atoms with Crippen molar-refractivity contribution in [3.63, 3.8) is 0 Å². The Morgan fingerprint density at radius 3 is 2.56 bits per heavy atom. The molecule has 5 nitrogen and oxygen atoms in total. The van der Waals surface area contributed by atoms with E-state index in [1.807, 2.05) is 0 Å². The highest BCUT2D eigenvalue weighted by Gasteiger charge is 2.62. The molecule has 4 fully saturated rings. The van der Waals surface area contributed by atoms with Crippen LogP contribution >= 0.6 is 0 Å². The van der Waals surface area contributed by atoms with Gasteiger partial charge in [0.25, 0.3) is 0 Å². The quantitative estimate of drug-likeness (QED) is 0.510. The van der Waals surface area contributed by atoms with E-state index in [1.165, 1.54) is 52.1 Å². The number of esters is 1. The van der Waals surface area contributed by atoms with Gasteiger partial charge in [-0.1, -0.05) is 20.8 Å². The molecule has 0 aliphatic heterocycles. The number of carbonyl (C=O) groups is 1. The van der Waals surface area contributed by atoms with Gasteiger partial charge in [-0.05, 0) is 104 Å². The zero-order valence-electron chi connectivity index (χ0n) is 20.9. The monoisotopic (exact) mass is 448 g/mol. The fourth-order valence-corrected chi connectivity index (χ4v) is 9.32. The van der Waals surface area contributed by atoms with Gasteiger partial charge < -0.3 is 20.9 Å². The second kappa shape index (κ2) is 9.54. The third-order valence-corrected chi connectivity index (χ3v) is 11.1. The Morgan fingerprint density at radius 1 is 1.12 bits per heavy atom. The Balaban J connectivity index is 1.48. The first-order valence-corrected chi connectivity index (χ1v) is 13.4. The van der Waals surface area contributed by atoms with Crippen LogP contribution in [0.4, 0.5) is 0 Å². The van der Waals surface area contributed by atoms with Crippen molar-refractivity contribution in [2.45, 2.75) is 97.1 Å². The molecule has 3 unspecified atom stereocenters. The third kappa shape index (κ3) is 4.15. The zero-order chi connectivity index (χ0) is 23.1. The molecular weight excluding hydrogens is 400 g/mol. The van der Waals surface area contributed by atoms with Crippen molar-refractivity contribution in [2.75, 3.05) is 20.2 Å². The minimum absolute atomic E-state index is 0.0847. The highest BCUT2D eigenvalue weighted by molar-refractivity contribution is 5.69. The first-order chi connectivity index (χ1) is 15.2. The van der Waals surface area contributed by atoms with Crippen LogP contribution in [0.1, 0.15) is 85.0 Å². The maximum atomic E-state index is 11.7. The van der Waals surface area contributed by atoms with E-state index >= 15 is 0 Å². The number of fused-ring (bicyclic) bond motifs is 5. The smallest absolute Gasteiger partial charge is 0.305 e. The fraction of sp³-hybridized carbons (Fsp3) is 0.963. The van der Waals surface area contributed by atoms with Gasteiger partial charge in [-0.3, -0.25) is 4.79 Å². The topological polar surface area (TPSA) is 84.6 Å². The maximum absolute atomic E-state index is 11.7. The van der Waals surface area contributed by atoms with Crippen LogP contribution in [-0.2, 0) is 9.53 Å². The van der Waals surface area contributed by atoms with Crippen LogP contribution in [-0.4, -0.2) is 43.4 Å². The lowest BCUT2D eigenvalue weighted by atomic mass is 9.43. The second-order valence-electron chi connectivity index (χ2n) is 12.3. The lowest BCUT2D eigenvalue weighted by Crippen LogP contribution is -2.59. The van der Waals surface area contributed by atoms with E-state index in [4.69, 9.17) is 10.5 Å². The number of hydrogen-bond acceptors (Lipinski definition) is 5. The first-order valence-electron chi connectivity index (χ1n) is 13.4. The normalized spacial score (nSPS) is 46.6. The predicted octanol–water partition coefficient (Wildman–Crippen LogP) is 4.12. The number of carbonyl (C=O) groups excluding carboxylic acids is 1. The van der Waals surface area contributed by atoms with Gasteiger partial charge in [-0.15, -0.1) is 0 Å². The van der Waals surface area contributed by atoms with Gasteiger partial charge in [-0.2, -0.15) is 0 Å². The number of methoxy groups -OCH3 is 1. The molecule has 4 aliphatic rings.